The van der Waals surface area contributed by atoms with Crippen LogP contribution in [0.2, 0.25) is 0 Å². The lowest BCUT2D eigenvalue weighted by atomic mass is 10.1. The van der Waals surface area contributed by atoms with Crippen LogP contribution >= 0.6 is 0 Å². The monoisotopic (exact) mass is 392 g/mol. The van der Waals surface area contributed by atoms with Crippen LogP contribution in [-0.4, -0.2) is 32.3 Å². The third kappa shape index (κ3) is 4.32. The number of benzene rings is 2. The number of ether oxygens (including phenoxy) is 2. The summed E-state index contributed by atoms with van der Waals surface area (Å²) in [6, 6.07) is 15.1. The van der Waals surface area contributed by atoms with Crippen LogP contribution in [0.25, 0.3) is 11.0 Å². The molecule has 1 N–H and O–H groups in total. The van der Waals surface area contributed by atoms with E-state index < -0.39 is 0 Å². The third-order valence-electron chi connectivity index (χ3n) is 4.95. The van der Waals surface area contributed by atoms with Crippen molar-refractivity contribution in [1.29, 1.82) is 0 Å². The maximum absolute atomic E-state index is 13.0. The van der Waals surface area contributed by atoms with Crippen molar-refractivity contribution in [3.8, 4) is 5.75 Å². The van der Waals surface area contributed by atoms with Crippen molar-refractivity contribution in [2.24, 2.45) is 4.99 Å². The first kappa shape index (κ1) is 19.2. The van der Waals surface area contributed by atoms with Crippen molar-refractivity contribution < 1.29 is 18.7 Å². The Labute approximate surface area is 169 Å². The molecule has 0 radical (unpaired) electrons. The molecule has 0 bridgehead atoms. The summed E-state index contributed by atoms with van der Waals surface area (Å²) in [5.41, 5.74) is 2.98. The van der Waals surface area contributed by atoms with Crippen molar-refractivity contribution >= 4 is 22.6 Å². The smallest absolute Gasteiger partial charge is 0.256 e. The Morgan fingerprint density at radius 1 is 1.24 bits per heavy atom. The lowest BCUT2D eigenvalue weighted by Crippen LogP contribution is -2.34. The lowest BCUT2D eigenvalue weighted by Gasteiger charge is -2.12. The molecule has 1 aromatic heterocycles. The van der Waals surface area contributed by atoms with Crippen molar-refractivity contribution in [2.45, 2.75) is 25.9 Å². The fourth-order valence-corrected chi connectivity index (χ4v) is 3.45. The highest BCUT2D eigenvalue weighted by Gasteiger charge is 2.19. The highest BCUT2D eigenvalue weighted by atomic mass is 16.5. The second-order valence-corrected chi connectivity index (χ2v) is 7.14. The topological polar surface area (TPSA) is 73.1 Å². The molecule has 0 aliphatic carbocycles. The van der Waals surface area contributed by atoms with Crippen LogP contribution in [0.15, 0.2) is 57.9 Å². The molecule has 1 saturated heterocycles. The van der Waals surface area contributed by atoms with Crippen molar-refractivity contribution in [3.63, 3.8) is 0 Å². The third-order valence-corrected chi connectivity index (χ3v) is 4.95. The molecule has 1 atom stereocenters. The number of amides is 1. The molecule has 1 fully saturated rings. The second kappa shape index (κ2) is 8.49. The summed E-state index contributed by atoms with van der Waals surface area (Å²) in [5, 5.41) is 3.73. The fraction of sp³-hybridized carbons (Fsp3) is 0.304. The van der Waals surface area contributed by atoms with Crippen molar-refractivity contribution in [1.82, 2.24) is 5.32 Å². The quantitative estimate of drug-likeness (QED) is 0.715. The number of carbonyl (C=O) groups excluding carboxylic acids is 1. The molecule has 1 aliphatic heterocycles. The van der Waals surface area contributed by atoms with Gasteiger partial charge in [-0.15, -0.1) is 0 Å². The zero-order valence-corrected chi connectivity index (χ0v) is 16.6. The van der Waals surface area contributed by atoms with Gasteiger partial charge in [0.1, 0.15) is 5.56 Å². The molecule has 6 heteroatoms. The minimum atomic E-state index is -0.236. The molecule has 0 spiro atoms. The van der Waals surface area contributed by atoms with Gasteiger partial charge in [-0.3, -0.25) is 4.79 Å². The Bertz CT molecular complexity index is 1100. The van der Waals surface area contributed by atoms with E-state index in [4.69, 9.17) is 13.9 Å². The van der Waals surface area contributed by atoms with E-state index in [1.54, 1.807) is 13.2 Å². The largest absolute Gasteiger partial charge is 0.493 e. The van der Waals surface area contributed by atoms with Gasteiger partial charge in [0.2, 0.25) is 5.55 Å². The molecule has 150 valence electrons. The van der Waals surface area contributed by atoms with Crippen LogP contribution in [-0.2, 0) is 4.74 Å². The SMILES string of the molecule is COc1cccc2cc(C(=O)NC[C@@H]3CCCO3)c(=Nc3cccc(C)c3)oc12. The van der Waals surface area contributed by atoms with E-state index in [1.165, 1.54) is 0 Å². The number of carbonyl (C=O) groups is 1. The number of para-hydroxylation sites is 1. The first-order chi connectivity index (χ1) is 14.1. The number of nitrogens with zero attached hydrogens (tertiary/aromatic N) is 1. The summed E-state index contributed by atoms with van der Waals surface area (Å²) in [6.07, 6.45) is 2.05. The Morgan fingerprint density at radius 3 is 2.86 bits per heavy atom. The molecule has 4 rings (SSSR count). The van der Waals surface area contributed by atoms with Crippen LogP contribution in [0, 0.1) is 6.92 Å². The average molecular weight is 392 g/mol. The summed E-state index contributed by atoms with van der Waals surface area (Å²) in [7, 11) is 1.59. The number of hydrogen-bond donors (Lipinski definition) is 1. The molecule has 1 amide bonds. The maximum Gasteiger partial charge on any atom is 0.256 e. The number of methoxy groups -OCH3 is 1. The molecule has 0 saturated carbocycles. The molecule has 6 nitrogen and oxygen atoms in total. The van der Waals surface area contributed by atoms with Gasteiger partial charge >= 0.3 is 0 Å². The summed E-state index contributed by atoms with van der Waals surface area (Å²) < 4.78 is 17.1. The van der Waals surface area contributed by atoms with Crippen molar-refractivity contribution in [2.75, 3.05) is 20.3 Å². The fourth-order valence-electron chi connectivity index (χ4n) is 3.45. The van der Waals surface area contributed by atoms with Crippen LogP contribution in [0.3, 0.4) is 0 Å². The molecule has 2 aromatic carbocycles. The Morgan fingerprint density at radius 2 is 2.10 bits per heavy atom. The van der Waals surface area contributed by atoms with Crippen LogP contribution < -0.4 is 15.6 Å². The van der Waals surface area contributed by atoms with E-state index in [2.05, 4.69) is 10.3 Å². The van der Waals surface area contributed by atoms with E-state index >= 15 is 0 Å². The van der Waals surface area contributed by atoms with Crippen LogP contribution in [0.1, 0.15) is 28.8 Å². The number of fused-ring (bicyclic) bond motifs is 1. The van der Waals surface area contributed by atoms with Gasteiger partial charge in [0, 0.05) is 18.5 Å². The standard InChI is InChI=1S/C23H24N2O4/c1-15-6-3-8-17(12-15)25-23-19(22(26)24-14-18-9-5-11-28-18)13-16-7-4-10-20(27-2)21(16)29-23/h3-4,6-8,10,12-13,18H,5,9,11,14H2,1-2H3,(H,24,26)/t18-/m0/s1. The van der Waals surface area contributed by atoms with Gasteiger partial charge in [-0.05, 0) is 49.6 Å². The lowest BCUT2D eigenvalue weighted by molar-refractivity contribution is 0.0854. The highest BCUT2D eigenvalue weighted by Crippen LogP contribution is 2.25. The van der Waals surface area contributed by atoms with Gasteiger partial charge in [0.05, 0.1) is 18.9 Å². The predicted molar refractivity (Wildman–Crippen MR) is 110 cm³/mol. The molecule has 2 heterocycles. The van der Waals surface area contributed by atoms with Gasteiger partial charge in [-0.25, -0.2) is 4.99 Å². The summed E-state index contributed by atoms with van der Waals surface area (Å²) in [5.74, 6) is 0.356. The Hall–Kier alpha value is -3.12. The molecular weight excluding hydrogens is 368 g/mol. The summed E-state index contributed by atoms with van der Waals surface area (Å²) in [6.45, 7) is 3.22. The zero-order chi connectivity index (χ0) is 20.2. The van der Waals surface area contributed by atoms with Gasteiger partial charge in [-0.2, -0.15) is 0 Å². The maximum atomic E-state index is 13.0. The first-order valence-corrected chi connectivity index (χ1v) is 9.76. The van der Waals surface area contributed by atoms with Crippen LogP contribution in [0.5, 0.6) is 5.75 Å². The number of hydrogen-bond acceptors (Lipinski definition) is 5. The van der Waals surface area contributed by atoms with Gasteiger partial charge in [-0.1, -0.05) is 24.3 Å². The molecule has 3 aromatic rings. The van der Waals surface area contributed by atoms with E-state index in [0.29, 0.717) is 23.4 Å². The molecule has 29 heavy (non-hydrogen) atoms. The minimum Gasteiger partial charge on any atom is -0.493 e. The van der Waals surface area contributed by atoms with Crippen LogP contribution in [0.4, 0.5) is 5.69 Å². The molecular formula is C23H24N2O4. The number of aryl methyl sites for hydroxylation is 1. The molecule has 0 unspecified atom stereocenters. The van der Waals surface area contributed by atoms with Gasteiger partial charge in [0.15, 0.2) is 11.3 Å². The molecule has 1 aliphatic rings. The predicted octanol–water partition coefficient (Wildman–Crippen LogP) is 3.89. The Kier molecular flexibility index (Phi) is 5.62. The van der Waals surface area contributed by atoms with E-state index in [-0.39, 0.29) is 17.6 Å². The summed E-state index contributed by atoms with van der Waals surface area (Å²) >= 11 is 0. The Balaban J connectivity index is 1.79. The van der Waals surface area contributed by atoms with Gasteiger partial charge < -0.3 is 19.2 Å². The van der Waals surface area contributed by atoms with E-state index in [0.717, 1.165) is 36.1 Å². The van der Waals surface area contributed by atoms with Gasteiger partial charge in [0.25, 0.3) is 5.91 Å². The number of nitrogens with one attached hydrogen (secondary N) is 1. The van der Waals surface area contributed by atoms with E-state index in [9.17, 15) is 4.79 Å². The highest BCUT2D eigenvalue weighted by molar-refractivity contribution is 5.97. The minimum absolute atomic E-state index is 0.0635. The van der Waals surface area contributed by atoms with Crippen molar-refractivity contribution in [3.05, 3.63) is 65.2 Å². The second-order valence-electron chi connectivity index (χ2n) is 7.14. The zero-order valence-electron chi connectivity index (χ0n) is 16.6. The van der Waals surface area contributed by atoms with E-state index in [1.807, 2.05) is 49.4 Å². The average Bonchev–Trinajstić information content (AvgIpc) is 3.25. The number of rotatable bonds is 5. The summed E-state index contributed by atoms with van der Waals surface area (Å²) in [4.78, 5) is 17.6. The first-order valence-electron chi connectivity index (χ1n) is 9.76. The normalized spacial score (nSPS) is 16.9.